The highest BCUT2D eigenvalue weighted by Gasteiger charge is 2.25. The molecule has 1 aliphatic carbocycles. The maximum atomic E-state index is 13.4. The van der Waals surface area contributed by atoms with Gasteiger partial charge in [0.05, 0.1) is 6.20 Å². The molecular formula is C15H24FN3. The molecule has 1 fully saturated rings. The Kier molecular flexibility index (Phi) is 5.14. The molecule has 0 aliphatic heterocycles. The van der Waals surface area contributed by atoms with E-state index < -0.39 is 0 Å². The summed E-state index contributed by atoms with van der Waals surface area (Å²) in [6.07, 6.45) is 5.05. The normalized spacial score (nSPS) is 14.7. The number of rotatable bonds is 8. The summed E-state index contributed by atoms with van der Waals surface area (Å²) >= 11 is 0. The van der Waals surface area contributed by atoms with Gasteiger partial charge >= 0.3 is 0 Å². The van der Waals surface area contributed by atoms with E-state index in [-0.39, 0.29) is 5.82 Å². The molecule has 1 saturated carbocycles. The Morgan fingerprint density at radius 3 is 2.84 bits per heavy atom. The van der Waals surface area contributed by atoms with Gasteiger partial charge in [-0.15, -0.1) is 0 Å². The van der Waals surface area contributed by atoms with Crippen LogP contribution in [0.5, 0.6) is 0 Å². The van der Waals surface area contributed by atoms with Gasteiger partial charge in [-0.05, 0) is 44.7 Å². The van der Waals surface area contributed by atoms with Crippen molar-refractivity contribution in [1.82, 2.24) is 10.3 Å². The van der Waals surface area contributed by atoms with Gasteiger partial charge in [-0.2, -0.15) is 0 Å². The van der Waals surface area contributed by atoms with Gasteiger partial charge < -0.3 is 10.2 Å². The van der Waals surface area contributed by atoms with E-state index in [1.165, 1.54) is 19.0 Å². The molecule has 0 radical (unpaired) electrons. The number of hydrogen-bond acceptors (Lipinski definition) is 3. The molecule has 0 spiro atoms. The van der Waals surface area contributed by atoms with E-state index in [1.807, 2.05) is 0 Å². The highest BCUT2D eigenvalue weighted by molar-refractivity contribution is 5.47. The lowest BCUT2D eigenvalue weighted by molar-refractivity contribution is 0.608. The predicted octanol–water partition coefficient (Wildman–Crippen LogP) is 2.96. The molecule has 1 aromatic heterocycles. The van der Waals surface area contributed by atoms with Gasteiger partial charge in [0.2, 0.25) is 0 Å². The Bertz CT molecular complexity index is 404. The molecule has 1 N–H and O–H groups in total. The first kappa shape index (κ1) is 14.3. The second-order valence-corrected chi connectivity index (χ2v) is 5.30. The lowest BCUT2D eigenvalue weighted by atomic mass is 10.2. The molecular weight excluding hydrogens is 241 g/mol. The number of anilines is 1. The van der Waals surface area contributed by atoms with E-state index in [1.54, 1.807) is 6.07 Å². The quantitative estimate of drug-likeness (QED) is 0.732. The zero-order valence-electron chi connectivity index (χ0n) is 12.0. The van der Waals surface area contributed by atoms with Gasteiger partial charge in [-0.25, -0.2) is 9.37 Å². The largest absolute Gasteiger partial charge is 0.356 e. The van der Waals surface area contributed by atoms with Crippen molar-refractivity contribution < 1.29 is 4.39 Å². The zero-order valence-corrected chi connectivity index (χ0v) is 12.0. The Balaban J connectivity index is 2.11. The maximum Gasteiger partial charge on any atom is 0.141 e. The second-order valence-electron chi connectivity index (χ2n) is 5.30. The topological polar surface area (TPSA) is 28.2 Å². The van der Waals surface area contributed by atoms with Gasteiger partial charge in [-0.1, -0.05) is 6.92 Å². The minimum absolute atomic E-state index is 0.250. The van der Waals surface area contributed by atoms with E-state index in [2.05, 4.69) is 29.0 Å². The molecule has 19 heavy (non-hydrogen) atoms. The van der Waals surface area contributed by atoms with Crippen LogP contribution in [0.25, 0.3) is 0 Å². The summed E-state index contributed by atoms with van der Waals surface area (Å²) in [5.74, 6) is 1.50. The molecule has 0 atom stereocenters. The van der Waals surface area contributed by atoms with Crippen LogP contribution in [-0.2, 0) is 6.54 Å². The van der Waals surface area contributed by atoms with E-state index >= 15 is 0 Å². The standard InChI is InChI=1S/C15H24FN3/c1-3-7-17-9-13-8-14(16)10-18-15(13)19(4-2)11-12-5-6-12/h8,10,12,17H,3-7,9,11H2,1-2H3. The first-order chi connectivity index (χ1) is 9.24. The van der Waals surface area contributed by atoms with Crippen LogP contribution >= 0.6 is 0 Å². The third-order valence-electron chi connectivity index (χ3n) is 3.51. The van der Waals surface area contributed by atoms with Crippen molar-refractivity contribution >= 4 is 5.82 Å². The maximum absolute atomic E-state index is 13.4. The van der Waals surface area contributed by atoms with Crippen molar-refractivity contribution in [2.45, 2.75) is 39.7 Å². The van der Waals surface area contributed by atoms with Crippen molar-refractivity contribution in [3.8, 4) is 0 Å². The van der Waals surface area contributed by atoms with Crippen LogP contribution in [0, 0.1) is 11.7 Å². The minimum atomic E-state index is -0.250. The van der Waals surface area contributed by atoms with Crippen LogP contribution in [0.2, 0.25) is 0 Å². The third-order valence-corrected chi connectivity index (χ3v) is 3.51. The Hall–Kier alpha value is -1.16. The monoisotopic (exact) mass is 265 g/mol. The van der Waals surface area contributed by atoms with Crippen LogP contribution in [0.3, 0.4) is 0 Å². The number of hydrogen-bond donors (Lipinski definition) is 1. The van der Waals surface area contributed by atoms with Gasteiger partial charge in [-0.3, -0.25) is 0 Å². The smallest absolute Gasteiger partial charge is 0.141 e. The van der Waals surface area contributed by atoms with E-state index in [0.717, 1.165) is 43.4 Å². The average Bonchev–Trinajstić information content (AvgIpc) is 3.21. The fourth-order valence-electron chi connectivity index (χ4n) is 2.27. The number of nitrogens with one attached hydrogen (secondary N) is 1. The van der Waals surface area contributed by atoms with Crippen molar-refractivity contribution in [3.05, 3.63) is 23.6 Å². The lowest BCUT2D eigenvalue weighted by Crippen LogP contribution is -2.28. The summed E-state index contributed by atoms with van der Waals surface area (Å²) in [4.78, 5) is 6.60. The molecule has 1 heterocycles. The highest BCUT2D eigenvalue weighted by Crippen LogP contribution is 2.31. The van der Waals surface area contributed by atoms with Gasteiger partial charge in [0, 0.05) is 25.2 Å². The fourth-order valence-corrected chi connectivity index (χ4v) is 2.27. The van der Waals surface area contributed by atoms with Gasteiger partial charge in [0.15, 0.2) is 0 Å². The fraction of sp³-hybridized carbons (Fsp3) is 0.667. The van der Waals surface area contributed by atoms with Gasteiger partial charge in [0.1, 0.15) is 11.6 Å². The molecule has 0 aromatic carbocycles. The Morgan fingerprint density at radius 1 is 1.42 bits per heavy atom. The summed E-state index contributed by atoms with van der Waals surface area (Å²) in [6.45, 7) is 7.88. The minimum Gasteiger partial charge on any atom is -0.356 e. The van der Waals surface area contributed by atoms with Crippen molar-refractivity contribution in [3.63, 3.8) is 0 Å². The molecule has 0 saturated heterocycles. The number of nitrogens with zero attached hydrogens (tertiary/aromatic N) is 2. The molecule has 2 rings (SSSR count). The molecule has 1 aromatic rings. The SMILES string of the molecule is CCCNCc1cc(F)cnc1N(CC)CC1CC1. The van der Waals surface area contributed by atoms with Crippen molar-refractivity contribution in [2.75, 3.05) is 24.5 Å². The molecule has 3 nitrogen and oxygen atoms in total. The van der Waals surface area contributed by atoms with Crippen LogP contribution in [-0.4, -0.2) is 24.6 Å². The van der Waals surface area contributed by atoms with E-state index in [9.17, 15) is 4.39 Å². The van der Waals surface area contributed by atoms with Crippen LogP contribution in [0.15, 0.2) is 12.3 Å². The number of halogens is 1. The molecule has 1 aliphatic rings. The molecule has 0 amide bonds. The molecule has 106 valence electrons. The number of aromatic nitrogens is 1. The Morgan fingerprint density at radius 2 is 2.21 bits per heavy atom. The average molecular weight is 265 g/mol. The lowest BCUT2D eigenvalue weighted by Gasteiger charge is -2.24. The van der Waals surface area contributed by atoms with E-state index in [4.69, 9.17) is 0 Å². The summed E-state index contributed by atoms with van der Waals surface area (Å²) in [5.41, 5.74) is 0.968. The molecule has 0 bridgehead atoms. The summed E-state index contributed by atoms with van der Waals surface area (Å²) < 4.78 is 13.4. The summed E-state index contributed by atoms with van der Waals surface area (Å²) in [7, 11) is 0. The van der Waals surface area contributed by atoms with Crippen molar-refractivity contribution in [1.29, 1.82) is 0 Å². The third kappa shape index (κ3) is 4.16. The van der Waals surface area contributed by atoms with E-state index in [0.29, 0.717) is 6.54 Å². The molecule has 0 unspecified atom stereocenters. The zero-order chi connectivity index (χ0) is 13.7. The van der Waals surface area contributed by atoms with Crippen molar-refractivity contribution in [2.24, 2.45) is 5.92 Å². The van der Waals surface area contributed by atoms with Crippen LogP contribution in [0.4, 0.5) is 10.2 Å². The second kappa shape index (κ2) is 6.85. The Labute approximate surface area is 115 Å². The summed E-state index contributed by atoms with van der Waals surface area (Å²) in [6, 6.07) is 1.61. The predicted molar refractivity (Wildman–Crippen MR) is 76.8 cm³/mol. The molecule has 4 heteroatoms. The first-order valence-electron chi connectivity index (χ1n) is 7.34. The van der Waals surface area contributed by atoms with Crippen LogP contribution in [0.1, 0.15) is 38.7 Å². The summed E-state index contributed by atoms with van der Waals surface area (Å²) in [5, 5.41) is 3.33. The number of pyridine rings is 1. The van der Waals surface area contributed by atoms with Crippen LogP contribution < -0.4 is 10.2 Å². The van der Waals surface area contributed by atoms with Gasteiger partial charge in [0.25, 0.3) is 0 Å². The first-order valence-corrected chi connectivity index (χ1v) is 7.34. The highest BCUT2D eigenvalue weighted by atomic mass is 19.1.